The molecule has 0 bridgehead atoms. The molecule has 1 amide bonds. The lowest BCUT2D eigenvalue weighted by Gasteiger charge is -2.31. The summed E-state index contributed by atoms with van der Waals surface area (Å²) in [5.41, 5.74) is -1.46. The molecule has 0 aromatic rings. The number of carboxylic acid groups (broad SMARTS) is 1. The number of amides is 1. The topological polar surface area (TPSA) is 76.1 Å². The van der Waals surface area contributed by atoms with Gasteiger partial charge in [0.25, 0.3) is 0 Å². The van der Waals surface area contributed by atoms with Crippen LogP contribution in [-0.2, 0) is 14.3 Å². The maximum atomic E-state index is 12.1. The lowest BCUT2D eigenvalue weighted by molar-refractivity contribution is -0.148. The summed E-state index contributed by atoms with van der Waals surface area (Å²) in [7, 11) is 0. The van der Waals surface area contributed by atoms with Crippen molar-refractivity contribution < 1.29 is 24.2 Å². The van der Waals surface area contributed by atoms with Crippen molar-refractivity contribution >= 4 is 12.1 Å². The fourth-order valence-electron chi connectivity index (χ4n) is 1.90. The molecule has 0 spiro atoms. The average Bonchev–Trinajstić information content (AvgIpc) is 2.50. The van der Waals surface area contributed by atoms with E-state index in [1.165, 1.54) is 4.90 Å². The third-order valence-corrected chi connectivity index (χ3v) is 3.01. The largest absolute Gasteiger partial charge is 0.481 e. The molecule has 2 atom stereocenters. The van der Waals surface area contributed by atoms with Crippen LogP contribution in [0.4, 0.5) is 4.79 Å². The van der Waals surface area contributed by atoms with E-state index < -0.39 is 35.4 Å². The first-order valence-electron chi connectivity index (χ1n) is 6.35. The van der Waals surface area contributed by atoms with Crippen LogP contribution in [0.3, 0.4) is 0 Å². The number of rotatable bonds is 2. The highest BCUT2D eigenvalue weighted by molar-refractivity contribution is 5.72. The van der Waals surface area contributed by atoms with Crippen molar-refractivity contribution in [2.75, 3.05) is 6.54 Å². The van der Waals surface area contributed by atoms with E-state index in [0.29, 0.717) is 0 Å². The molecule has 6 heteroatoms. The fraction of sp³-hybridized carbons (Fsp3) is 0.846. The Hall–Kier alpha value is -1.30. The Kier molecular flexibility index (Phi) is 4.14. The predicted molar refractivity (Wildman–Crippen MR) is 68.7 cm³/mol. The van der Waals surface area contributed by atoms with Gasteiger partial charge in [0.05, 0.1) is 18.6 Å². The summed E-state index contributed by atoms with van der Waals surface area (Å²) >= 11 is 0. The van der Waals surface area contributed by atoms with Crippen molar-refractivity contribution in [2.24, 2.45) is 5.92 Å². The van der Waals surface area contributed by atoms with Crippen molar-refractivity contribution in [1.29, 1.82) is 0 Å². The van der Waals surface area contributed by atoms with Crippen molar-refractivity contribution in [3.63, 3.8) is 0 Å². The van der Waals surface area contributed by atoms with Crippen LogP contribution in [0.2, 0.25) is 0 Å². The number of hydrogen-bond donors (Lipinski definition) is 1. The molecular formula is C13H23NO5. The predicted octanol–water partition coefficient (Wildman–Crippen LogP) is 2.08. The van der Waals surface area contributed by atoms with Crippen LogP contribution in [0.5, 0.6) is 0 Å². The summed E-state index contributed by atoms with van der Waals surface area (Å²) < 4.78 is 11.0. The number of aliphatic carboxylic acids is 1. The molecule has 1 heterocycles. The lowest BCUT2D eigenvalue weighted by Crippen LogP contribution is -2.46. The van der Waals surface area contributed by atoms with E-state index >= 15 is 0 Å². The van der Waals surface area contributed by atoms with Gasteiger partial charge in [0.2, 0.25) is 0 Å². The number of ether oxygens (including phenoxy) is 2. The minimum Gasteiger partial charge on any atom is -0.481 e. The van der Waals surface area contributed by atoms with Crippen molar-refractivity contribution in [3.05, 3.63) is 0 Å². The van der Waals surface area contributed by atoms with Gasteiger partial charge >= 0.3 is 12.1 Å². The monoisotopic (exact) mass is 273 g/mol. The van der Waals surface area contributed by atoms with Crippen LogP contribution in [0, 0.1) is 5.92 Å². The Labute approximate surface area is 113 Å². The minimum atomic E-state index is -0.938. The third kappa shape index (κ3) is 3.83. The first-order valence-corrected chi connectivity index (χ1v) is 6.35. The number of carboxylic acids is 1. The standard InChI is InChI=1S/C13H23NO5/c1-8(10(15)16)9-7-14(13(5,6)18-9)11(17)19-12(2,3)4/h8-9H,7H2,1-6H3,(H,15,16). The maximum Gasteiger partial charge on any atom is 0.412 e. The molecule has 1 aliphatic rings. The second-order valence-electron chi connectivity index (χ2n) is 6.32. The molecule has 0 aromatic heterocycles. The number of nitrogens with zero attached hydrogens (tertiary/aromatic N) is 1. The lowest BCUT2D eigenvalue weighted by atomic mass is 10.1. The summed E-state index contributed by atoms with van der Waals surface area (Å²) in [6, 6.07) is 0. The fourth-order valence-corrected chi connectivity index (χ4v) is 1.90. The molecule has 1 aliphatic heterocycles. The smallest absolute Gasteiger partial charge is 0.412 e. The molecule has 19 heavy (non-hydrogen) atoms. The Balaban J connectivity index is 2.80. The molecule has 1 N–H and O–H groups in total. The van der Waals surface area contributed by atoms with E-state index in [1.54, 1.807) is 41.5 Å². The number of hydrogen-bond acceptors (Lipinski definition) is 4. The van der Waals surface area contributed by atoms with Gasteiger partial charge in [-0.05, 0) is 41.5 Å². The van der Waals surface area contributed by atoms with Crippen LogP contribution < -0.4 is 0 Å². The van der Waals surface area contributed by atoms with E-state index in [2.05, 4.69) is 0 Å². The van der Waals surface area contributed by atoms with Gasteiger partial charge in [0.15, 0.2) is 0 Å². The summed E-state index contributed by atoms with van der Waals surface area (Å²) in [6.07, 6.45) is -1.02. The molecular weight excluding hydrogens is 250 g/mol. The molecule has 0 aliphatic carbocycles. The van der Waals surface area contributed by atoms with Crippen LogP contribution >= 0.6 is 0 Å². The molecule has 110 valence electrons. The van der Waals surface area contributed by atoms with Gasteiger partial charge in [0, 0.05) is 0 Å². The molecule has 0 aromatic carbocycles. The Bertz CT molecular complexity index is 372. The van der Waals surface area contributed by atoms with E-state index in [9.17, 15) is 9.59 Å². The van der Waals surface area contributed by atoms with E-state index in [0.717, 1.165) is 0 Å². The zero-order valence-electron chi connectivity index (χ0n) is 12.4. The summed E-state index contributed by atoms with van der Waals surface area (Å²) in [5, 5.41) is 9.01. The third-order valence-electron chi connectivity index (χ3n) is 3.01. The highest BCUT2D eigenvalue weighted by atomic mass is 16.6. The van der Waals surface area contributed by atoms with E-state index in [-0.39, 0.29) is 6.54 Å². The second-order valence-corrected chi connectivity index (χ2v) is 6.32. The summed E-state index contributed by atoms with van der Waals surface area (Å²) in [5.74, 6) is -1.61. The van der Waals surface area contributed by atoms with Crippen LogP contribution in [0.15, 0.2) is 0 Å². The molecule has 6 nitrogen and oxygen atoms in total. The van der Waals surface area contributed by atoms with E-state index in [4.69, 9.17) is 14.6 Å². The van der Waals surface area contributed by atoms with Crippen LogP contribution in [-0.4, -0.2) is 46.0 Å². The number of carbonyl (C=O) groups is 2. The van der Waals surface area contributed by atoms with Crippen molar-refractivity contribution in [1.82, 2.24) is 4.90 Å². The van der Waals surface area contributed by atoms with Gasteiger partial charge in [0.1, 0.15) is 11.3 Å². The zero-order valence-corrected chi connectivity index (χ0v) is 12.4. The second kappa shape index (κ2) is 5.00. The Morgan fingerprint density at radius 3 is 2.37 bits per heavy atom. The first kappa shape index (κ1) is 15.8. The molecule has 1 rings (SSSR count). The Morgan fingerprint density at radius 1 is 1.42 bits per heavy atom. The van der Waals surface area contributed by atoms with Crippen molar-refractivity contribution in [2.45, 2.75) is 59.0 Å². The molecule has 2 unspecified atom stereocenters. The van der Waals surface area contributed by atoms with Crippen LogP contribution in [0.1, 0.15) is 41.5 Å². The van der Waals surface area contributed by atoms with Gasteiger partial charge < -0.3 is 14.6 Å². The zero-order chi connectivity index (χ0) is 15.0. The highest BCUT2D eigenvalue weighted by Gasteiger charge is 2.46. The van der Waals surface area contributed by atoms with Gasteiger partial charge in [-0.15, -0.1) is 0 Å². The SMILES string of the molecule is CC(C(=O)O)C1CN(C(=O)OC(C)(C)C)C(C)(C)O1. The molecule has 0 radical (unpaired) electrons. The summed E-state index contributed by atoms with van der Waals surface area (Å²) in [6.45, 7) is 10.6. The molecule has 1 saturated heterocycles. The van der Waals surface area contributed by atoms with Crippen LogP contribution in [0.25, 0.3) is 0 Å². The quantitative estimate of drug-likeness (QED) is 0.833. The number of carbonyl (C=O) groups excluding carboxylic acids is 1. The van der Waals surface area contributed by atoms with Gasteiger partial charge in [-0.25, -0.2) is 4.79 Å². The molecule has 0 saturated carbocycles. The highest BCUT2D eigenvalue weighted by Crippen LogP contribution is 2.31. The minimum absolute atomic E-state index is 0.218. The first-order chi connectivity index (χ1) is 8.44. The maximum absolute atomic E-state index is 12.1. The van der Waals surface area contributed by atoms with E-state index in [1.807, 2.05) is 0 Å². The van der Waals surface area contributed by atoms with Gasteiger partial charge in [-0.2, -0.15) is 0 Å². The average molecular weight is 273 g/mol. The van der Waals surface area contributed by atoms with Crippen molar-refractivity contribution in [3.8, 4) is 0 Å². The molecule has 1 fully saturated rings. The van der Waals surface area contributed by atoms with Gasteiger partial charge in [-0.3, -0.25) is 9.69 Å². The van der Waals surface area contributed by atoms with Gasteiger partial charge in [-0.1, -0.05) is 0 Å². The normalized spacial score (nSPS) is 24.1. The summed E-state index contributed by atoms with van der Waals surface area (Å²) in [4.78, 5) is 24.5. The Morgan fingerprint density at radius 2 is 1.95 bits per heavy atom.